The SMILES string of the molecule is CCNC(C)(COc1cc(C)cc(C)c1)C(N)=O. The number of aryl methyl sites for hydroxylation is 2. The van der Waals surface area contributed by atoms with Gasteiger partial charge in [-0.1, -0.05) is 13.0 Å². The summed E-state index contributed by atoms with van der Waals surface area (Å²) in [4.78, 5) is 11.4. The Labute approximate surface area is 109 Å². The predicted molar refractivity (Wildman–Crippen MR) is 72.7 cm³/mol. The first kappa shape index (κ1) is 14.5. The van der Waals surface area contributed by atoms with E-state index in [-0.39, 0.29) is 6.61 Å². The Morgan fingerprint density at radius 2 is 1.89 bits per heavy atom. The number of ether oxygens (including phenoxy) is 1. The van der Waals surface area contributed by atoms with Gasteiger partial charge in [0, 0.05) is 0 Å². The number of nitrogens with one attached hydrogen (secondary N) is 1. The molecule has 1 atom stereocenters. The Balaban J connectivity index is 2.76. The van der Waals surface area contributed by atoms with Crippen molar-refractivity contribution in [2.45, 2.75) is 33.2 Å². The van der Waals surface area contributed by atoms with Gasteiger partial charge in [-0.2, -0.15) is 0 Å². The number of hydrogen-bond acceptors (Lipinski definition) is 3. The minimum atomic E-state index is -0.841. The van der Waals surface area contributed by atoms with Gasteiger partial charge in [0.15, 0.2) is 0 Å². The number of benzene rings is 1. The molecule has 4 nitrogen and oxygen atoms in total. The molecule has 0 saturated carbocycles. The second-order valence-electron chi connectivity index (χ2n) is 4.84. The van der Waals surface area contributed by atoms with E-state index in [1.807, 2.05) is 32.9 Å². The van der Waals surface area contributed by atoms with Gasteiger partial charge >= 0.3 is 0 Å². The van der Waals surface area contributed by atoms with Gasteiger partial charge in [0.1, 0.15) is 17.9 Å². The summed E-state index contributed by atoms with van der Waals surface area (Å²) >= 11 is 0. The highest BCUT2D eigenvalue weighted by Gasteiger charge is 2.30. The maximum atomic E-state index is 11.4. The third-order valence-corrected chi connectivity index (χ3v) is 2.83. The second-order valence-corrected chi connectivity index (χ2v) is 4.84. The van der Waals surface area contributed by atoms with E-state index >= 15 is 0 Å². The lowest BCUT2D eigenvalue weighted by molar-refractivity contribution is -0.124. The van der Waals surface area contributed by atoms with Crippen LogP contribution in [0.3, 0.4) is 0 Å². The molecule has 0 bridgehead atoms. The molecule has 100 valence electrons. The number of hydrogen-bond donors (Lipinski definition) is 2. The lowest BCUT2D eigenvalue weighted by atomic mass is 10.0. The fraction of sp³-hybridized carbons (Fsp3) is 0.500. The molecule has 4 heteroatoms. The fourth-order valence-electron chi connectivity index (χ4n) is 1.84. The molecule has 1 aromatic rings. The predicted octanol–water partition coefficient (Wildman–Crippen LogP) is 1.54. The summed E-state index contributed by atoms with van der Waals surface area (Å²) in [7, 11) is 0. The molecular formula is C14H22N2O2. The van der Waals surface area contributed by atoms with E-state index in [4.69, 9.17) is 10.5 Å². The standard InChI is InChI=1S/C14H22N2O2/c1-5-16-14(4,13(15)17)9-18-12-7-10(2)6-11(3)8-12/h6-8,16H,5,9H2,1-4H3,(H2,15,17). The first-order valence-electron chi connectivity index (χ1n) is 6.13. The first-order valence-corrected chi connectivity index (χ1v) is 6.13. The molecule has 3 N–H and O–H groups in total. The topological polar surface area (TPSA) is 64.3 Å². The highest BCUT2D eigenvalue weighted by Crippen LogP contribution is 2.17. The molecule has 0 spiro atoms. The molecule has 0 radical (unpaired) electrons. The molecule has 0 aromatic heterocycles. The van der Waals surface area contributed by atoms with Crippen molar-refractivity contribution in [3.63, 3.8) is 0 Å². The molecule has 0 saturated heterocycles. The number of rotatable bonds is 6. The van der Waals surface area contributed by atoms with Gasteiger partial charge in [-0.25, -0.2) is 0 Å². The quantitative estimate of drug-likeness (QED) is 0.805. The van der Waals surface area contributed by atoms with Crippen molar-refractivity contribution in [3.05, 3.63) is 29.3 Å². The molecule has 0 heterocycles. The van der Waals surface area contributed by atoms with Gasteiger partial charge in [0.25, 0.3) is 0 Å². The van der Waals surface area contributed by atoms with E-state index < -0.39 is 11.4 Å². The van der Waals surface area contributed by atoms with Crippen molar-refractivity contribution < 1.29 is 9.53 Å². The molecule has 18 heavy (non-hydrogen) atoms. The van der Waals surface area contributed by atoms with Crippen LogP contribution < -0.4 is 15.8 Å². The van der Waals surface area contributed by atoms with Crippen molar-refractivity contribution in [3.8, 4) is 5.75 Å². The molecule has 0 aliphatic heterocycles. The zero-order chi connectivity index (χ0) is 13.8. The Morgan fingerprint density at radius 3 is 2.33 bits per heavy atom. The van der Waals surface area contributed by atoms with E-state index in [2.05, 4.69) is 11.4 Å². The molecule has 1 rings (SSSR count). The summed E-state index contributed by atoms with van der Waals surface area (Å²) in [5, 5.41) is 3.06. The maximum absolute atomic E-state index is 11.4. The average molecular weight is 250 g/mol. The Morgan fingerprint density at radius 1 is 1.33 bits per heavy atom. The van der Waals surface area contributed by atoms with Crippen LogP contribution >= 0.6 is 0 Å². The number of amides is 1. The third-order valence-electron chi connectivity index (χ3n) is 2.83. The van der Waals surface area contributed by atoms with Crippen LogP contribution in [0.15, 0.2) is 18.2 Å². The van der Waals surface area contributed by atoms with Gasteiger partial charge in [-0.3, -0.25) is 4.79 Å². The summed E-state index contributed by atoms with van der Waals surface area (Å²) in [6.07, 6.45) is 0. The minimum absolute atomic E-state index is 0.221. The van der Waals surface area contributed by atoms with Crippen LogP contribution in [-0.4, -0.2) is 24.6 Å². The van der Waals surface area contributed by atoms with Gasteiger partial charge in [0.05, 0.1) is 0 Å². The monoisotopic (exact) mass is 250 g/mol. The Kier molecular flexibility index (Phi) is 4.73. The lowest BCUT2D eigenvalue weighted by Crippen LogP contribution is -2.57. The highest BCUT2D eigenvalue weighted by atomic mass is 16.5. The number of likely N-dealkylation sites (N-methyl/N-ethyl adjacent to an activating group) is 1. The van der Waals surface area contributed by atoms with Crippen molar-refractivity contribution in [2.24, 2.45) is 5.73 Å². The average Bonchev–Trinajstić information content (AvgIpc) is 2.25. The van der Waals surface area contributed by atoms with Gasteiger partial charge < -0.3 is 15.8 Å². The number of primary amides is 1. The smallest absolute Gasteiger partial charge is 0.240 e. The number of nitrogens with two attached hydrogens (primary N) is 1. The summed E-state index contributed by atoms with van der Waals surface area (Å²) < 4.78 is 5.68. The van der Waals surface area contributed by atoms with Crippen LogP contribution in [0.1, 0.15) is 25.0 Å². The van der Waals surface area contributed by atoms with Crippen molar-refractivity contribution >= 4 is 5.91 Å². The zero-order valence-corrected chi connectivity index (χ0v) is 11.5. The third kappa shape index (κ3) is 3.74. The van der Waals surface area contributed by atoms with E-state index in [9.17, 15) is 4.79 Å². The van der Waals surface area contributed by atoms with Gasteiger partial charge in [-0.05, 0) is 50.6 Å². The molecule has 1 aromatic carbocycles. The lowest BCUT2D eigenvalue weighted by Gasteiger charge is -2.27. The molecule has 1 amide bonds. The van der Waals surface area contributed by atoms with Crippen LogP contribution in [0.4, 0.5) is 0 Å². The molecule has 0 aliphatic rings. The normalized spacial score (nSPS) is 14.0. The van der Waals surface area contributed by atoms with E-state index in [0.717, 1.165) is 16.9 Å². The first-order chi connectivity index (χ1) is 8.37. The van der Waals surface area contributed by atoms with E-state index in [1.165, 1.54) is 0 Å². The van der Waals surface area contributed by atoms with Crippen LogP contribution in [0, 0.1) is 13.8 Å². The van der Waals surface area contributed by atoms with E-state index in [1.54, 1.807) is 6.92 Å². The molecule has 0 aliphatic carbocycles. The molecule has 0 fully saturated rings. The van der Waals surface area contributed by atoms with Gasteiger partial charge in [0.2, 0.25) is 5.91 Å². The number of carbonyl (C=O) groups is 1. The fourth-order valence-corrected chi connectivity index (χ4v) is 1.84. The van der Waals surface area contributed by atoms with Crippen LogP contribution in [-0.2, 0) is 4.79 Å². The van der Waals surface area contributed by atoms with Gasteiger partial charge in [-0.15, -0.1) is 0 Å². The zero-order valence-electron chi connectivity index (χ0n) is 11.5. The highest BCUT2D eigenvalue weighted by molar-refractivity contribution is 5.84. The minimum Gasteiger partial charge on any atom is -0.491 e. The summed E-state index contributed by atoms with van der Waals surface area (Å²) in [5.41, 5.74) is 6.83. The molecular weight excluding hydrogens is 228 g/mol. The van der Waals surface area contributed by atoms with E-state index in [0.29, 0.717) is 6.54 Å². The molecule has 1 unspecified atom stereocenters. The summed E-state index contributed by atoms with van der Waals surface area (Å²) in [5.74, 6) is 0.353. The maximum Gasteiger partial charge on any atom is 0.240 e. The van der Waals surface area contributed by atoms with Crippen molar-refractivity contribution in [1.29, 1.82) is 0 Å². The van der Waals surface area contributed by atoms with Crippen LogP contribution in [0.5, 0.6) is 5.75 Å². The Hall–Kier alpha value is -1.55. The van der Waals surface area contributed by atoms with Crippen molar-refractivity contribution in [2.75, 3.05) is 13.2 Å². The summed E-state index contributed by atoms with van der Waals surface area (Å²) in [6, 6.07) is 5.96. The largest absolute Gasteiger partial charge is 0.491 e. The Bertz CT molecular complexity index is 412. The van der Waals surface area contributed by atoms with Crippen molar-refractivity contribution in [1.82, 2.24) is 5.32 Å². The van der Waals surface area contributed by atoms with Crippen LogP contribution in [0.25, 0.3) is 0 Å². The number of carbonyl (C=O) groups excluding carboxylic acids is 1. The second kappa shape index (κ2) is 5.87. The van der Waals surface area contributed by atoms with Crippen LogP contribution in [0.2, 0.25) is 0 Å². The summed E-state index contributed by atoms with van der Waals surface area (Å²) in [6.45, 7) is 8.59.